The zero-order chi connectivity index (χ0) is 36.3. The van der Waals surface area contributed by atoms with E-state index in [9.17, 15) is 27.6 Å². The fourth-order valence-electron chi connectivity index (χ4n) is 5.13. The third-order valence-electron chi connectivity index (χ3n) is 7.22. The number of imide groups is 2. The first-order valence-corrected chi connectivity index (χ1v) is 21.8. The summed E-state index contributed by atoms with van der Waals surface area (Å²) >= 11 is 52.8. The average Bonchev–Trinajstić information content (AvgIpc) is 3.43. The number of nitrogens with zero attached hydrogens (tertiary/aromatic N) is 2. The van der Waals surface area contributed by atoms with Crippen molar-refractivity contribution >= 4 is 219 Å². The Kier molecular flexibility index (Phi) is 10.9. The van der Waals surface area contributed by atoms with Gasteiger partial charge in [-0.1, -0.05) is 46.4 Å². The number of halogens is 12. The highest BCUT2D eigenvalue weighted by molar-refractivity contribution is 9.15. The highest BCUT2D eigenvalue weighted by Crippen LogP contribution is 2.50. The van der Waals surface area contributed by atoms with Gasteiger partial charge in [0.1, 0.15) is 9.79 Å². The van der Waals surface area contributed by atoms with Crippen LogP contribution in [0.25, 0.3) is 0 Å². The van der Waals surface area contributed by atoms with Crippen molar-refractivity contribution < 1.29 is 27.6 Å². The Morgan fingerprint density at radius 2 is 0.612 bits per heavy atom. The number of carbonyl (C=O) groups is 4. The first kappa shape index (κ1) is 38.8. The lowest BCUT2D eigenvalue weighted by Crippen LogP contribution is -2.29. The Morgan fingerprint density at radius 3 is 0.816 bits per heavy atom. The molecule has 0 atom stereocenters. The van der Waals surface area contributed by atoms with Crippen molar-refractivity contribution in [3.05, 3.63) is 102 Å². The van der Waals surface area contributed by atoms with Crippen LogP contribution in [0.15, 0.2) is 69.8 Å². The maximum Gasteiger partial charge on any atom is 0.267 e. The van der Waals surface area contributed by atoms with Crippen LogP contribution in [0.2, 0.25) is 20.1 Å². The second kappa shape index (κ2) is 13.8. The van der Waals surface area contributed by atoms with Gasteiger partial charge in [-0.25, -0.2) is 18.2 Å². The van der Waals surface area contributed by atoms with E-state index in [4.69, 9.17) is 46.4 Å². The molecule has 0 saturated carbocycles. The van der Waals surface area contributed by atoms with Crippen molar-refractivity contribution in [1.82, 2.24) is 0 Å². The van der Waals surface area contributed by atoms with E-state index >= 15 is 0 Å². The van der Waals surface area contributed by atoms with Crippen molar-refractivity contribution in [1.29, 1.82) is 0 Å². The monoisotopic (exact) mass is 1270 g/mol. The van der Waals surface area contributed by atoms with Gasteiger partial charge in [0.15, 0.2) is 0 Å². The van der Waals surface area contributed by atoms with E-state index in [1.807, 2.05) is 0 Å². The normalized spacial score (nSPS) is 14.4. The maximum atomic E-state index is 14.0. The van der Waals surface area contributed by atoms with Gasteiger partial charge in [-0.05, 0) is 152 Å². The number of rotatable bonds is 4. The molecular weight excluding hydrogens is 1270 g/mol. The third-order valence-corrected chi connectivity index (χ3v) is 20.4. The summed E-state index contributed by atoms with van der Waals surface area (Å²) < 4.78 is 31.2. The molecule has 0 fully saturated rings. The van der Waals surface area contributed by atoms with E-state index in [1.165, 1.54) is 0 Å². The van der Waals surface area contributed by atoms with Crippen LogP contribution in [0, 0.1) is 0 Å². The van der Waals surface area contributed by atoms with Gasteiger partial charge in [-0.2, -0.15) is 0 Å². The molecule has 4 aromatic carbocycles. The van der Waals surface area contributed by atoms with Crippen LogP contribution < -0.4 is 9.80 Å². The molecule has 252 valence electrons. The highest BCUT2D eigenvalue weighted by Gasteiger charge is 2.44. The van der Waals surface area contributed by atoms with Gasteiger partial charge in [0.25, 0.3) is 23.6 Å². The lowest BCUT2D eigenvalue weighted by molar-refractivity contribution is 0.0910. The van der Waals surface area contributed by atoms with Crippen molar-refractivity contribution in [3.8, 4) is 0 Å². The summed E-state index contributed by atoms with van der Waals surface area (Å²) in [6.07, 6.45) is 0. The van der Waals surface area contributed by atoms with Crippen molar-refractivity contribution in [3.63, 3.8) is 0 Å². The Bertz CT molecular complexity index is 2150. The third kappa shape index (κ3) is 5.86. The molecule has 4 amide bonds. The molecule has 0 unspecified atom stereocenters. The van der Waals surface area contributed by atoms with E-state index in [0.29, 0.717) is 35.8 Å². The van der Waals surface area contributed by atoms with Crippen LogP contribution in [0.5, 0.6) is 0 Å². The fourth-order valence-corrected chi connectivity index (χ4v) is 13.7. The second-order valence-corrected chi connectivity index (χ2v) is 19.7. The van der Waals surface area contributed by atoms with Crippen LogP contribution in [0.1, 0.15) is 41.4 Å². The quantitative estimate of drug-likeness (QED) is 0.114. The standard InChI is InChI=1S/C28H4Br8Cl4N2O6S/c29-15-11-12(16(30)20(34)19(15)33)26(44)41(25(11)43)5-1-7(37)23(8(38)2-5)49(47,48)24-9(39)3-6(4-10(24)40)42-27(45)13-14(28(42)46)18(32)22(36)21(35)17(13)31/h1-4H. The minimum Gasteiger partial charge on any atom is -0.268 e. The molecular formula is C28H4Br8Cl4N2O6S. The van der Waals surface area contributed by atoms with Crippen LogP contribution in [0.3, 0.4) is 0 Å². The molecule has 2 heterocycles. The number of fused-ring (bicyclic) bond motifs is 2. The summed E-state index contributed by atoms with van der Waals surface area (Å²) in [6, 6.07) is 4.37. The molecule has 0 aliphatic carbocycles. The fraction of sp³-hybridized carbons (Fsp3) is 0. The predicted molar refractivity (Wildman–Crippen MR) is 215 cm³/mol. The molecule has 0 spiro atoms. The summed E-state index contributed by atoms with van der Waals surface area (Å²) in [6.45, 7) is 0. The van der Waals surface area contributed by atoms with Crippen molar-refractivity contribution in [2.45, 2.75) is 9.79 Å². The van der Waals surface area contributed by atoms with Gasteiger partial charge in [-0.15, -0.1) is 0 Å². The molecule has 0 radical (unpaired) electrons. The van der Waals surface area contributed by atoms with Gasteiger partial charge >= 0.3 is 0 Å². The van der Waals surface area contributed by atoms with Crippen molar-refractivity contribution in [2.75, 3.05) is 9.80 Å². The van der Waals surface area contributed by atoms with Crippen LogP contribution >= 0.6 is 174 Å². The molecule has 2 aliphatic heterocycles. The molecule has 8 nitrogen and oxygen atoms in total. The van der Waals surface area contributed by atoms with E-state index < -0.39 is 63.3 Å². The molecule has 0 saturated heterocycles. The second-order valence-electron chi connectivity index (χ2n) is 9.88. The lowest BCUT2D eigenvalue weighted by Gasteiger charge is -2.19. The number of amides is 4. The number of benzene rings is 4. The molecule has 6 rings (SSSR count). The smallest absolute Gasteiger partial charge is 0.267 e. The Hall–Kier alpha value is 0.110. The largest absolute Gasteiger partial charge is 0.268 e. The SMILES string of the molecule is O=C1c2c(Br)c(Br)c(Br)c(Br)c2C(=O)N1c1cc(Cl)c(S(=O)(=O)c2c(Cl)cc(N3C(=O)c4c(Br)c(Br)c(Br)c(Br)c4C3=O)cc2Cl)c(Cl)c1. The zero-order valence-electron chi connectivity index (χ0n) is 22.6. The van der Waals surface area contributed by atoms with Crippen LogP contribution in [-0.2, 0) is 9.84 Å². The number of anilines is 2. The average molecular weight is 1280 g/mol. The summed E-state index contributed by atoms with van der Waals surface area (Å²) in [4.78, 5) is 54.4. The summed E-state index contributed by atoms with van der Waals surface area (Å²) in [5.74, 6) is -2.90. The highest BCUT2D eigenvalue weighted by atomic mass is 79.9. The molecule has 0 aromatic heterocycles. The number of hydrogen-bond acceptors (Lipinski definition) is 6. The van der Waals surface area contributed by atoms with E-state index in [1.54, 1.807) is 0 Å². The summed E-state index contributed by atoms with van der Waals surface area (Å²) in [7, 11) is -4.71. The van der Waals surface area contributed by atoms with Gasteiger partial charge in [0, 0.05) is 35.8 Å². The Morgan fingerprint density at radius 1 is 0.408 bits per heavy atom. The van der Waals surface area contributed by atoms with Gasteiger partial charge in [0.2, 0.25) is 9.84 Å². The first-order valence-electron chi connectivity index (χ1n) is 12.5. The van der Waals surface area contributed by atoms with E-state index in [-0.39, 0.29) is 33.6 Å². The summed E-state index contributed by atoms with van der Waals surface area (Å²) in [5, 5.41) is -1.83. The van der Waals surface area contributed by atoms with Gasteiger partial charge in [0.05, 0.1) is 53.7 Å². The summed E-state index contributed by atoms with van der Waals surface area (Å²) in [5.41, 5.74) is -0.0275. The van der Waals surface area contributed by atoms with E-state index in [2.05, 4.69) is 127 Å². The van der Waals surface area contributed by atoms with Gasteiger partial charge < -0.3 is 0 Å². The minimum absolute atomic E-state index is 0.0487. The van der Waals surface area contributed by atoms with Crippen molar-refractivity contribution in [2.24, 2.45) is 0 Å². The first-order chi connectivity index (χ1) is 22.7. The lowest BCUT2D eigenvalue weighted by atomic mass is 10.1. The molecule has 4 aromatic rings. The predicted octanol–water partition coefficient (Wildman–Crippen LogP) is 12.8. The number of hydrogen-bond donors (Lipinski definition) is 0. The van der Waals surface area contributed by atoms with Crippen LogP contribution in [-0.4, -0.2) is 32.0 Å². The minimum atomic E-state index is -4.71. The van der Waals surface area contributed by atoms with E-state index in [0.717, 1.165) is 34.1 Å². The topological polar surface area (TPSA) is 109 Å². The maximum absolute atomic E-state index is 14.0. The Balaban J connectivity index is 1.41. The molecule has 49 heavy (non-hydrogen) atoms. The Labute approximate surface area is 363 Å². The molecule has 21 heteroatoms. The molecule has 0 bridgehead atoms. The van der Waals surface area contributed by atoms with Gasteiger partial charge in [-0.3, -0.25) is 19.2 Å². The van der Waals surface area contributed by atoms with Crippen LogP contribution in [0.4, 0.5) is 11.4 Å². The number of carbonyl (C=O) groups excluding carboxylic acids is 4. The molecule has 2 aliphatic rings. The number of sulfone groups is 1. The zero-order valence-corrected chi connectivity index (χ0v) is 39.1. The molecule has 0 N–H and O–H groups in total.